The van der Waals surface area contributed by atoms with Crippen molar-refractivity contribution in [1.82, 2.24) is 20.4 Å². The lowest BCUT2D eigenvalue weighted by Crippen LogP contribution is -2.60. The number of benzene rings is 2. The van der Waals surface area contributed by atoms with Crippen LogP contribution in [0, 0.1) is 5.41 Å². The number of carbonyl (C=O) groups is 5. The highest BCUT2D eigenvalue weighted by atomic mass is 16.4. The average Bonchev–Trinajstić information content (AvgIpc) is 2.95. The number of nitrogen functional groups attached to an aromatic ring is 1. The van der Waals surface area contributed by atoms with Crippen molar-refractivity contribution < 1.29 is 29.1 Å². The number of rotatable bonds is 13. The number of piperazine rings is 1. The fourth-order valence-corrected chi connectivity index (χ4v) is 4.49. The molecule has 0 saturated carbocycles. The Kier molecular flexibility index (Phi) is 10.9. The van der Waals surface area contributed by atoms with Crippen LogP contribution < -0.4 is 22.1 Å². The molecule has 0 aromatic heterocycles. The van der Waals surface area contributed by atoms with Crippen molar-refractivity contribution in [3.8, 4) is 0 Å². The Morgan fingerprint density at radius 3 is 2.10 bits per heavy atom. The second-order valence-electron chi connectivity index (χ2n) is 9.56. The second-order valence-corrected chi connectivity index (χ2v) is 9.56. The molecule has 4 amide bonds. The smallest absolute Gasteiger partial charge is 0.323 e. The lowest BCUT2D eigenvalue weighted by atomic mass is 10.0. The van der Waals surface area contributed by atoms with E-state index < -0.39 is 36.3 Å². The maximum atomic E-state index is 13.1. The van der Waals surface area contributed by atoms with Crippen LogP contribution in [0.4, 0.5) is 0 Å². The number of carboxylic acid groups (broad SMARTS) is 1. The number of amides is 4. The van der Waals surface area contributed by atoms with Crippen molar-refractivity contribution in [3.63, 3.8) is 0 Å². The maximum absolute atomic E-state index is 13.1. The molecule has 8 N–H and O–H groups in total. The quantitative estimate of drug-likeness (QED) is 0.106. The van der Waals surface area contributed by atoms with E-state index in [0.717, 1.165) is 5.56 Å². The van der Waals surface area contributed by atoms with Crippen molar-refractivity contribution in [2.24, 2.45) is 11.5 Å². The molecule has 0 bridgehead atoms. The van der Waals surface area contributed by atoms with Crippen LogP contribution in [0.2, 0.25) is 0 Å². The summed E-state index contributed by atoms with van der Waals surface area (Å²) >= 11 is 0. The maximum Gasteiger partial charge on any atom is 0.323 e. The molecule has 1 aliphatic rings. The minimum absolute atomic E-state index is 0.0525. The average molecular weight is 566 g/mol. The number of nitrogens with zero attached hydrogens (tertiary/aromatic N) is 2. The van der Waals surface area contributed by atoms with Gasteiger partial charge in [0.1, 0.15) is 18.4 Å². The van der Waals surface area contributed by atoms with Crippen molar-refractivity contribution in [1.29, 1.82) is 5.41 Å². The number of nitrogens with one attached hydrogen (secondary N) is 3. The Labute approximate surface area is 237 Å². The van der Waals surface area contributed by atoms with Gasteiger partial charge in [-0.1, -0.05) is 24.3 Å². The van der Waals surface area contributed by atoms with E-state index in [1.807, 2.05) is 0 Å². The summed E-state index contributed by atoms with van der Waals surface area (Å²) in [5.74, 6) is -3.04. The van der Waals surface area contributed by atoms with Gasteiger partial charge in [-0.3, -0.25) is 29.4 Å². The molecule has 13 heteroatoms. The van der Waals surface area contributed by atoms with Crippen LogP contribution in [0.25, 0.3) is 0 Å². The van der Waals surface area contributed by atoms with E-state index in [-0.39, 0.29) is 44.3 Å². The first-order valence-electron chi connectivity index (χ1n) is 13.2. The molecular weight excluding hydrogens is 530 g/mol. The number of carbonyl (C=O) groups excluding carboxylic acids is 4. The molecule has 2 aromatic rings. The van der Waals surface area contributed by atoms with Crippen LogP contribution in [-0.2, 0) is 20.8 Å². The van der Waals surface area contributed by atoms with Gasteiger partial charge in [0.05, 0.1) is 6.54 Å². The van der Waals surface area contributed by atoms with E-state index in [9.17, 15) is 29.1 Å². The normalized spacial score (nSPS) is 14.9. The van der Waals surface area contributed by atoms with E-state index in [1.54, 1.807) is 48.5 Å². The number of amidine groups is 1. The number of hydrogen-bond donors (Lipinski definition) is 6. The Balaban J connectivity index is 1.58. The monoisotopic (exact) mass is 565 g/mol. The summed E-state index contributed by atoms with van der Waals surface area (Å²) < 4.78 is 0. The predicted octanol–water partition coefficient (Wildman–Crippen LogP) is -0.464. The van der Waals surface area contributed by atoms with Crippen LogP contribution in [0.5, 0.6) is 0 Å². The van der Waals surface area contributed by atoms with Gasteiger partial charge in [0.2, 0.25) is 11.8 Å². The van der Waals surface area contributed by atoms with Gasteiger partial charge in [0, 0.05) is 36.3 Å². The summed E-state index contributed by atoms with van der Waals surface area (Å²) in [5, 5.41) is 21.9. The topological polar surface area (TPSA) is 212 Å². The zero-order valence-corrected chi connectivity index (χ0v) is 22.6. The molecule has 1 fully saturated rings. The molecule has 41 heavy (non-hydrogen) atoms. The molecule has 1 saturated heterocycles. The van der Waals surface area contributed by atoms with Gasteiger partial charge in [0.25, 0.3) is 11.8 Å². The number of nitrogens with two attached hydrogens (primary N) is 2. The molecule has 218 valence electrons. The first-order chi connectivity index (χ1) is 19.6. The van der Waals surface area contributed by atoms with Gasteiger partial charge < -0.3 is 37.0 Å². The third-order valence-electron chi connectivity index (χ3n) is 6.68. The van der Waals surface area contributed by atoms with Crippen LogP contribution in [-0.4, -0.2) is 95.7 Å². The molecule has 0 aliphatic carbocycles. The van der Waals surface area contributed by atoms with Crippen molar-refractivity contribution in [3.05, 3.63) is 70.8 Å². The van der Waals surface area contributed by atoms with Crippen molar-refractivity contribution in [2.45, 2.75) is 25.3 Å². The first-order valence-corrected chi connectivity index (χ1v) is 13.2. The molecule has 0 spiro atoms. The lowest BCUT2D eigenvalue weighted by molar-refractivity contribution is -0.155. The summed E-state index contributed by atoms with van der Waals surface area (Å²) in [6.45, 7) is 0.0370. The molecule has 1 aliphatic heterocycles. The predicted molar refractivity (Wildman–Crippen MR) is 150 cm³/mol. The summed E-state index contributed by atoms with van der Waals surface area (Å²) in [6.07, 6.45) is 1.20. The standard InChI is InChI=1S/C28H35N7O6/c29-12-11-18-3-5-20(6-4-18)27(40)33-16-23(36)35-15-14-34(17-24(37)38)28(41)22(35)2-1-13-32-26(39)21-9-7-19(8-10-21)25(30)31/h3-10,22H,1-2,11-17,29H2,(H3,30,31)(H,32,39)(H,33,40)(H,37,38)/t22-/m0/s1. The van der Waals surface area contributed by atoms with Crippen LogP contribution in [0.1, 0.15) is 44.7 Å². The van der Waals surface area contributed by atoms with E-state index in [1.165, 1.54) is 9.80 Å². The molecular formula is C28H35N7O6. The third-order valence-corrected chi connectivity index (χ3v) is 6.68. The van der Waals surface area contributed by atoms with Gasteiger partial charge in [-0.25, -0.2) is 0 Å². The Morgan fingerprint density at radius 2 is 1.51 bits per heavy atom. The van der Waals surface area contributed by atoms with Gasteiger partial charge in [-0.2, -0.15) is 0 Å². The Morgan fingerprint density at radius 1 is 0.927 bits per heavy atom. The minimum Gasteiger partial charge on any atom is -0.480 e. The summed E-state index contributed by atoms with van der Waals surface area (Å²) in [4.78, 5) is 65.0. The molecule has 0 radical (unpaired) electrons. The van der Waals surface area contributed by atoms with E-state index in [0.29, 0.717) is 36.1 Å². The highest BCUT2D eigenvalue weighted by Gasteiger charge is 2.37. The Bertz CT molecular complexity index is 1280. The van der Waals surface area contributed by atoms with E-state index in [4.69, 9.17) is 16.9 Å². The molecule has 1 heterocycles. The SMILES string of the molecule is N=C(N)c1ccc(C(=O)NCCC[C@H]2C(=O)N(CC(=O)O)CCN2C(=O)CNC(=O)c2ccc(CCN)cc2)cc1. The largest absolute Gasteiger partial charge is 0.480 e. The minimum atomic E-state index is -1.16. The number of hydrogen-bond acceptors (Lipinski definition) is 7. The summed E-state index contributed by atoms with van der Waals surface area (Å²) in [7, 11) is 0. The zero-order valence-electron chi connectivity index (χ0n) is 22.6. The third kappa shape index (κ3) is 8.60. The molecule has 3 rings (SSSR count). The first kappa shape index (κ1) is 30.8. The molecule has 1 atom stereocenters. The fourth-order valence-electron chi connectivity index (χ4n) is 4.49. The molecule has 2 aromatic carbocycles. The zero-order chi connectivity index (χ0) is 29.9. The molecule has 13 nitrogen and oxygen atoms in total. The highest BCUT2D eigenvalue weighted by Crippen LogP contribution is 2.17. The van der Waals surface area contributed by atoms with Crippen LogP contribution >= 0.6 is 0 Å². The Hall–Kier alpha value is -4.78. The second kappa shape index (κ2) is 14.6. The van der Waals surface area contributed by atoms with Gasteiger partial charge in [-0.05, 0) is 55.6 Å². The number of carboxylic acids is 1. The van der Waals surface area contributed by atoms with Crippen molar-refractivity contribution in [2.75, 3.05) is 39.3 Å². The van der Waals surface area contributed by atoms with E-state index >= 15 is 0 Å². The highest BCUT2D eigenvalue weighted by molar-refractivity contribution is 5.98. The number of aliphatic carboxylic acids is 1. The van der Waals surface area contributed by atoms with E-state index in [2.05, 4.69) is 10.6 Å². The molecule has 0 unspecified atom stereocenters. The van der Waals surface area contributed by atoms with Crippen molar-refractivity contribution >= 4 is 35.4 Å². The van der Waals surface area contributed by atoms with Crippen LogP contribution in [0.15, 0.2) is 48.5 Å². The lowest BCUT2D eigenvalue weighted by Gasteiger charge is -2.40. The fraction of sp³-hybridized carbons (Fsp3) is 0.357. The summed E-state index contributed by atoms with van der Waals surface area (Å²) in [5.41, 5.74) is 13.2. The van der Waals surface area contributed by atoms with Gasteiger partial charge in [-0.15, -0.1) is 0 Å². The summed E-state index contributed by atoms with van der Waals surface area (Å²) in [6, 6.07) is 12.2. The van der Waals surface area contributed by atoms with Crippen LogP contribution in [0.3, 0.4) is 0 Å². The van der Waals surface area contributed by atoms with Gasteiger partial charge in [0.15, 0.2) is 0 Å². The van der Waals surface area contributed by atoms with Gasteiger partial charge >= 0.3 is 5.97 Å².